The largest absolute Gasteiger partial charge is 0.489 e. The lowest BCUT2D eigenvalue weighted by Gasteiger charge is -2.32. The minimum absolute atomic E-state index is 0.0216. The van der Waals surface area contributed by atoms with Gasteiger partial charge >= 0.3 is 0 Å². The number of nitrogens with zero attached hydrogens (tertiary/aromatic N) is 4. The SMILES string of the molecule is Cc1cc2c(cc1OCc1cccc(CC(=O)Nc3cc(C(=O)Cc4nc5cc(C(=O)Nc6ccccc6)ccc5s4)n(C)c3)c1)N=C[C@@H]1CCCCN1C2=O. The molecule has 1 fully saturated rings. The number of hydrogen-bond acceptors (Lipinski definition) is 8. The molecule has 2 N–H and O–H groups in total. The van der Waals surface area contributed by atoms with Crippen LogP contribution in [0.2, 0.25) is 0 Å². The third kappa shape index (κ3) is 8.01. The van der Waals surface area contributed by atoms with Crippen LogP contribution in [-0.2, 0) is 31.3 Å². The first-order valence-corrected chi connectivity index (χ1v) is 19.4. The number of Topliss-reactive ketones (excluding diaryl/α,β-unsaturated/α-hetero) is 1. The van der Waals surface area contributed by atoms with Crippen LogP contribution in [-0.4, -0.2) is 56.8 Å². The lowest BCUT2D eigenvalue weighted by molar-refractivity contribution is -0.115. The molecule has 282 valence electrons. The highest BCUT2D eigenvalue weighted by atomic mass is 32.1. The van der Waals surface area contributed by atoms with E-state index < -0.39 is 0 Å². The Hall–Kier alpha value is -6.40. The van der Waals surface area contributed by atoms with E-state index >= 15 is 0 Å². The number of ketones is 1. The van der Waals surface area contributed by atoms with Gasteiger partial charge in [-0.2, -0.15) is 0 Å². The van der Waals surface area contributed by atoms with E-state index in [0.717, 1.165) is 47.2 Å². The van der Waals surface area contributed by atoms with Gasteiger partial charge in [-0.3, -0.25) is 24.2 Å². The van der Waals surface area contributed by atoms with Crippen molar-refractivity contribution in [3.8, 4) is 5.75 Å². The Bertz CT molecular complexity index is 2520. The maximum absolute atomic E-state index is 13.4. The fourth-order valence-electron chi connectivity index (χ4n) is 7.23. The number of ether oxygens (including phenoxy) is 1. The summed E-state index contributed by atoms with van der Waals surface area (Å²) in [6, 6.07) is 27.7. The number of fused-ring (bicyclic) bond motifs is 3. The number of rotatable bonds is 11. The molecule has 56 heavy (non-hydrogen) atoms. The summed E-state index contributed by atoms with van der Waals surface area (Å²) in [5.41, 5.74) is 6.61. The highest BCUT2D eigenvalue weighted by molar-refractivity contribution is 7.18. The average Bonchev–Trinajstić information content (AvgIpc) is 3.74. The maximum atomic E-state index is 13.4. The number of aryl methyl sites for hydroxylation is 2. The summed E-state index contributed by atoms with van der Waals surface area (Å²) >= 11 is 1.41. The molecule has 11 nitrogen and oxygen atoms in total. The second kappa shape index (κ2) is 15.8. The molecule has 3 amide bonds. The van der Waals surface area contributed by atoms with Gasteiger partial charge in [0.2, 0.25) is 5.91 Å². The molecule has 1 atom stereocenters. The van der Waals surface area contributed by atoms with Crippen molar-refractivity contribution in [1.82, 2.24) is 14.5 Å². The number of para-hydroxylation sites is 1. The Balaban J connectivity index is 0.867. The summed E-state index contributed by atoms with van der Waals surface area (Å²) in [5.74, 6) is 0.0919. The Morgan fingerprint density at radius 1 is 0.893 bits per heavy atom. The molecule has 0 aliphatic carbocycles. The van der Waals surface area contributed by atoms with Gasteiger partial charge in [0.25, 0.3) is 11.8 Å². The van der Waals surface area contributed by atoms with Crippen molar-refractivity contribution >= 4 is 68.3 Å². The topological polar surface area (TPSA) is 135 Å². The van der Waals surface area contributed by atoms with E-state index in [-0.39, 0.29) is 49.0 Å². The van der Waals surface area contributed by atoms with E-state index in [1.165, 1.54) is 11.3 Å². The number of piperidine rings is 1. The third-order valence-corrected chi connectivity index (χ3v) is 11.1. The van der Waals surface area contributed by atoms with E-state index in [2.05, 4.69) is 20.6 Å². The predicted molar refractivity (Wildman–Crippen MR) is 219 cm³/mol. The number of carbonyl (C=O) groups is 4. The van der Waals surface area contributed by atoms with Crippen LogP contribution in [0.3, 0.4) is 0 Å². The van der Waals surface area contributed by atoms with E-state index in [9.17, 15) is 19.2 Å². The van der Waals surface area contributed by atoms with Crippen molar-refractivity contribution in [2.75, 3.05) is 17.2 Å². The van der Waals surface area contributed by atoms with E-state index in [4.69, 9.17) is 4.74 Å². The molecule has 2 aliphatic heterocycles. The molecule has 4 aromatic carbocycles. The van der Waals surface area contributed by atoms with Crippen LogP contribution in [0, 0.1) is 6.92 Å². The first kappa shape index (κ1) is 36.6. The average molecular weight is 765 g/mol. The van der Waals surface area contributed by atoms with Crippen LogP contribution < -0.4 is 15.4 Å². The van der Waals surface area contributed by atoms with Crippen LogP contribution in [0.15, 0.2) is 102 Å². The zero-order valence-electron chi connectivity index (χ0n) is 31.1. The third-order valence-electron chi connectivity index (χ3n) is 10.1. The Labute approximate surface area is 328 Å². The number of amides is 3. The van der Waals surface area contributed by atoms with Gasteiger partial charge in [-0.1, -0.05) is 42.5 Å². The van der Waals surface area contributed by atoms with Gasteiger partial charge < -0.3 is 24.8 Å². The molecule has 0 bridgehead atoms. The molecular weight excluding hydrogens is 725 g/mol. The van der Waals surface area contributed by atoms with Gasteiger partial charge in [0, 0.05) is 43.3 Å². The number of anilines is 2. The second-order valence-corrected chi connectivity index (χ2v) is 15.4. The summed E-state index contributed by atoms with van der Waals surface area (Å²) < 4.78 is 8.80. The van der Waals surface area contributed by atoms with E-state index in [1.807, 2.05) is 90.8 Å². The Morgan fingerprint density at radius 2 is 1.73 bits per heavy atom. The Kier molecular flexibility index (Phi) is 10.3. The second-order valence-electron chi connectivity index (χ2n) is 14.2. The van der Waals surface area contributed by atoms with Gasteiger partial charge in [-0.25, -0.2) is 4.98 Å². The highest BCUT2D eigenvalue weighted by Crippen LogP contribution is 2.34. The quantitative estimate of drug-likeness (QED) is 0.128. The molecule has 0 unspecified atom stereocenters. The minimum Gasteiger partial charge on any atom is -0.489 e. The Morgan fingerprint density at radius 3 is 2.59 bits per heavy atom. The number of aliphatic imine (C=N–C) groups is 1. The maximum Gasteiger partial charge on any atom is 0.256 e. The van der Waals surface area contributed by atoms with E-state index in [1.54, 1.807) is 36.0 Å². The summed E-state index contributed by atoms with van der Waals surface area (Å²) in [6.07, 6.45) is 6.86. The van der Waals surface area contributed by atoms with Gasteiger partial charge in [0.15, 0.2) is 5.78 Å². The van der Waals surface area contributed by atoms with Crippen LogP contribution in [0.4, 0.5) is 17.1 Å². The van der Waals surface area contributed by atoms with Gasteiger partial charge in [-0.15, -0.1) is 11.3 Å². The molecule has 0 radical (unpaired) electrons. The van der Waals surface area contributed by atoms with Crippen molar-refractivity contribution in [1.29, 1.82) is 0 Å². The fourth-order valence-corrected chi connectivity index (χ4v) is 8.18. The molecule has 12 heteroatoms. The molecule has 0 spiro atoms. The summed E-state index contributed by atoms with van der Waals surface area (Å²) in [4.78, 5) is 63.9. The monoisotopic (exact) mass is 764 g/mol. The molecule has 4 heterocycles. The molecule has 2 aliphatic rings. The molecular formula is C44H40N6O5S. The van der Waals surface area contributed by atoms with Crippen molar-refractivity contribution in [2.45, 2.75) is 51.7 Å². The molecule has 8 rings (SSSR count). The summed E-state index contributed by atoms with van der Waals surface area (Å²) in [5, 5.41) is 6.45. The smallest absolute Gasteiger partial charge is 0.256 e. The number of carbonyl (C=O) groups excluding carboxylic acids is 4. The first-order valence-electron chi connectivity index (χ1n) is 18.6. The number of thiazole rings is 1. The number of hydrogen-bond donors (Lipinski definition) is 2. The lowest BCUT2D eigenvalue weighted by Crippen LogP contribution is -2.43. The molecule has 6 aromatic rings. The number of aromatic nitrogens is 2. The van der Waals surface area contributed by atoms with Gasteiger partial charge in [0.05, 0.1) is 51.7 Å². The predicted octanol–water partition coefficient (Wildman–Crippen LogP) is 8.09. The molecule has 0 saturated carbocycles. The highest BCUT2D eigenvalue weighted by Gasteiger charge is 2.30. The van der Waals surface area contributed by atoms with Crippen LogP contribution in [0.1, 0.15) is 72.2 Å². The minimum atomic E-state index is -0.234. The van der Waals surface area contributed by atoms with Gasteiger partial charge in [0.1, 0.15) is 17.4 Å². The zero-order chi connectivity index (χ0) is 38.8. The van der Waals surface area contributed by atoms with Crippen LogP contribution in [0.25, 0.3) is 10.2 Å². The van der Waals surface area contributed by atoms with Gasteiger partial charge in [-0.05, 0) is 85.3 Å². The normalized spacial score (nSPS) is 14.9. The van der Waals surface area contributed by atoms with Crippen molar-refractivity contribution < 1.29 is 23.9 Å². The van der Waals surface area contributed by atoms with E-state index in [0.29, 0.717) is 50.2 Å². The summed E-state index contributed by atoms with van der Waals surface area (Å²) in [6.45, 7) is 2.97. The number of benzene rings is 4. The lowest BCUT2D eigenvalue weighted by atomic mass is 10.0. The first-order chi connectivity index (χ1) is 27.2. The van der Waals surface area contributed by atoms with Crippen molar-refractivity contribution in [3.63, 3.8) is 0 Å². The molecule has 1 saturated heterocycles. The van der Waals surface area contributed by atoms with Crippen molar-refractivity contribution in [2.24, 2.45) is 12.0 Å². The summed E-state index contributed by atoms with van der Waals surface area (Å²) in [7, 11) is 1.77. The fraction of sp³-hybridized carbons (Fsp3) is 0.227. The molecule has 2 aromatic heterocycles. The standard InChI is InChI=1S/C44H40N6O5S/c1-27-17-34-35(45-24-33-13-6-7-16-50(33)44(34)54)22-39(27)55-26-29-10-8-9-28(18-29)19-41(52)46-32-21-37(49(2)25-32)38(51)23-42-48-36-20-30(14-15-40(36)56-42)43(53)47-31-11-4-3-5-12-31/h3-5,8-12,14-15,17-18,20-22,24-25,33H,6-7,13,16,19,23,26H2,1-2H3,(H,46,52)(H,47,53)/t33-/m0/s1. The number of nitrogens with one attached hydrogen (secondary N) is 2. The van der Waals surface area contributed by atoms with Crippen LogP contribution >= 0.6 is 11.3 Å². The van der Waals surface area contributed by atoms with Crippen molar-refractivity contribution in [3.05, 3.63) is 136 Å². The zero-order valence-corrected chi connectivity index (χ0v) is 31.9. The van der Waals surface area contributed by atoms with Crippen LogP contribution in [0.5, 0.6) is 5.75 Å².